The van der Waals surface area contributed by atoms with Crippen LogP contribution < -0.4 is 5.32 Å². The second-order valence-electron chi connectivity index (χ2n) is 4.20. The fraction of sp³-hybridized carbons (Fsp3) is 0.500. The van der Waals surface area contributed by atoms with E-state index in [1.165, 1.54) is 12.2 Å². The molecule has 0 saturated carbocycles. The van der Waals surface area contributed by atoms with Gasteiger partial charge in [-0.3, -0.25) is 0 Å². The zero-order valence-electron chi connectivity index (χ0n) is 9.39. The third-order valence-electron chi connectivity index (χ3n) is 2.97. The molecule has 1 aromatic rings. The molecule has 1 aromatic carbocycles. The highest BCUT2D eigenvalue weighted by molar-refractivity contribution is 9.10. The molecular weight excluding hydrogens is 306 g/mol. The Labute approximate surface area is 114 Å². The van der Waals surface area contributed by atoms with Crippen molar-refractivity contribution in [3.8, 4) is 0 Å². The van der Waals surface area contributed by atoms with Crippen molar-refractivity contribution < 1.29 is 0 Å². The average Bonchev–Trinajstić information content (AvgIpc) is 2.61. The minimum atomic E-state index is 0.556. The van der Waals surface area contributed by atoms with Gasteiger partial charge in [0.1, 0.15) is 0 Å². The Morgan fingerprint density at radius 2 is 2.25 bits per heavy atom. The SMILES string of the molecule is Cc1cc(Br)c(NC2CCSC2C)cc1Cl. The molecule has 16 heavy (non-hydrogen) atoms. The second kappa shape index (κ2) is 5.19. The number of nitrogens with one attached hydrogen (secondary N) is 1. The van der Waals surface area contributed by atoms with Gasteiger partial charge < -0.3 is 5.32 Å². The van der Waals surface area contributed by atoms with Crippen molar-refractivity contribution in [1.82, 2.24) is 0 Å². The van der Waals surface area contributed by atoms with E-state index in [-0.39, 0.29) is 0 Å². The van der Waals surface area contributed by atoms with Gasteiger partial charge in [-0.2, -0.15) is 11.8 Å². The van der Waals surface area contributed by atoms with E-state index in [1.807, 2.05) is 24.8 Å². The number of thioether (sulfide) groups is 1. The van der Waals surface area contributed by atoms with E-state index in [4.69, 9.17) is 11.6 Å². The molecule has 1 heterocycles. The lowest BCUT2D eigenvalue weighted by Gasteiger charge is -2.19. The normalized spacial score (nSPS) is 24.8. The molecule has 0 aliphatic carbocycles. The van der Waals surface area contributed by atoms with Crippen molar-refractivity contribution in [2.75, 3.05) is 11.1 Å². The molecule has 0 bridgehead atoms. The summed E-state index contributed by atoms with van der Waals surface area (Å²) in [4.78, 5) is 0. The van der Waals surface area contributed by atoms with Crippen molar-refractivity contribution in [2.24, 2.45) is 0 Å². The molecule has 0 spiro atoms. The van der Waals surface area contributed by atoms with Gasteiger partial charge in [0, 0.05) is 20.8 Å². The van der Waals surface area contributed by atoms with Crippen LogP contribution in [0.2, 0.25) is 5.02 Å². The van der Waals surface area contributed by atoms with Gasteiger partial charge in [0.2, 0.25) is 0 Å². The monoisotopic (exact) mass is 319 g/mol. The van der Waals surface area contributed by atoms with Gasteiger partial charge >= 0.3 is 0 Å². The van der Waals surface area contributed by atoms with Crippen LogP contribution in [-0.4, -0.2) is 17.0 Å². The number of benzene rings is 1. The molecule has 1 nitrogen and oxygen atoms in total. The maximum atomic E-state index is 6.14. The number of aryl methyl sites for hydroxylation is 1. The molecule has 2 rings (SSSR count). The molecule has 2 atom stereocenters. The van der Waals surface area contributed by atoms with Crippen LogP contribution in [0.25, 0.3) is 0 Å². The van der Waals surface area contributed by atoms with Gasteiger partial charge in [-0.05, 0) is 52.7 Å². The van der Waals surface area contributed by atoms with E-state index in [2.05, 4.69) is 34.2 Å². The first-order chi connectivity index (χ1) is 7.58. The van der Waals surface area contributed by atoms with Crippen LogP contribution in [0.4, 0.5) is 5.69 Å². The molecule has 1 fully saturated rings. The quantitative estimate of drug-likeness (QED) is 0.846. The Bertz CT molecular complexity index is 397. The van der Waals surface area contributed by atoms with Crippen LogP contribution in [0, 0.1) is 6.92 Å². The average molecular weight is 321 g/mol. The zero-order valence-corrected chi connectivity index (χ0v) is 12.5. The first-order valence-electron chi connectivity index (χ1n) is 5.41. The fourth-order valence-electron chi connectivity index (χ4n) is 1.88. The number of halogens is 2. The summed E-state index contributed by atoms with van der Waals surface area (Å²) >= 11 is 11.7. The van der Waals surface area contributed by atoms with Gasteiger partial charge in [-0.1, -0.05) is 18.5 Å². The zero-order chi connectivity index (χ0) is 11.7. The molecule has 1 aliphatic rings. The van der Waals surface area contributed by atoms with Gasteiger partial charge in [0.05, 0.1) is 5.69 Å². The van der Waals surface area contributed by atoms with Crippen LogP contribution in [0.15, 0.2) is 16.6 Å². The molecule has 0 amide bonds. The molecule has 88 valence electrons. The van der Waals surface area contributed by atoms with Gasteiger partial charge in [0.15, 0.2) is 0 Å². The van der Waals surface area contributed by atoms with Gasteiger partial charge in [0.25, 0.3) is 0 Å². The van der Waals surface area contributed by atoms with Crippen LogP contribution in [-0.2, 0) is 0 Å². The summed E-state index contributed by atoms with van der Waals surface area (Å²) < 4.78 is 1.10. The van der Waals surface area contributed by atoms with E-state index in [0.29, 0.717) is 11.3 Å². The number of hydrogen-bond acceptors (Lipinski definition) is 2. The highest BCUT2D eigenvalue weighted by atomic mass is 79.9. The Balaban J connectivity index is 2.18. The summed E-state index contributed by atoms with van der Waals surface area (Å²) in [5.74, 6) is 1.25. The predicted molar refractivity (Wildman–Crippen MR) is 77.8 cm³/mol. The Hall–Kier alpha value is 0.140. The first-order valence-corrected chi connectivity index (χ1v) is 7.63. The third kappa shape index (κ3) is 2.69. The van der Waals surface area contributed by atoms with E-state index < -0.39 is 0 Å². The van der Waals surface area contributed by atoms with Crippen molar-refractivity contribution in [1.29, 1.82) is 0 Å². The van der Waals surface area contributed by atoms with Crippen molar-refractivity contribution in [3.05, 3.63) is 27.2 Å². The maximum absolute atomic E-state index is 6.14. The van der Waals surface area contributed by atoms with Crippen molar-refractivity contribution in [2.45, 2.75) is 31.6 Å². The molecule has 0 radical (unpaired) electrons. The largest absolute Gasteiger partial charge is 0.380 e. The summed E-state index contributed by atoms with van der Waals surface area (Å²) in [5, 5.41) is 5.07. The van der Waals surface area contributed by atoms with Gasteiger partial charge in [-0.15, -0.1) is 0 Å². The third-order valence-corrected chi connectivity index (χ3v) is 5.35. The number of hydrogen-bond donors (Lipinski definition) is 1. The molecule has 0 aromatic heterocycles. The highest BCUT2D eigenvalue weighted by Gasteiger charge is 2.24. The van der Waals surface area contributed by atoms with Crippen LogP contribution in [0.5, 0.6) is 0 Å². The highest BCUT2D eigenvalue weighted by Crippen LogP contribution is 2.33. The molecule has 1 aliphatic heterocycles. The van der Waals surface area contributed by atoms with Gasteiger partial charge in [-0.25, -0.2) is 0 Å². The van der Waals surface area contributed by atoms with Crippen molar-refractivity contribution in [3.63, 3.8) is 0 Å². The molecule has 1 saturated heterocycles. The van der Waals surface area contributed by atoms with E-state index >= 15 is 0 Å². The summed E-state index contributed by atoms with van der Waals surface area (Å²) in [6.07, 6.45) is 1.23. The molecule has 4 heteroatoms. The summed E-state index contributed by atoms with van der Waals surface area (Å²) in [5.41, 5.74) is 2.21. The lowest BCUT2D eigenvalue weighted by molar-refractivity contribution is 0.724. The predicted octanol–water partition coefficient (Wildman–Crippen LogP) is 4.72. The van der Waals surface area contributed by atoms with E-state index in [9.17, 15) is 0 Å². The summed E-state index contributed by atoms with van der Waals surface area (Å²) in [6, 6.07) is 4.63. The minimum absolute atomic E-state index is 0.556. The topological polar surface area (TPSA) is 12.0 Å². The maximum Gasteiger partial charge on any atom is 0.0502 e. The second-order valence-corrected chi connectivity index (χ2v) is 6.94. The molecule has 1 N–H and O–H groups in total. The number of rotatable bonds is 2. The van der Waals surface area contributed by atoms with Crippen LogP contribution in [0.3, 0.4) is 0 Å². The van der Waals surface area contributed by atoms with Crippen LogP contribution >= 0.6 is 39.3 Å². The summed E-state index contributed by atoms with van der Waals surface area (Å²) in [6.45, 7) is 4.30. The number of anilines is 1. The Kier molecular flexibility index (Phi) is 4.09. The smallest absolute Gasteiger partial charge is 0.0502 e. The minimum Gasteiger partial charge on any atom is -0.380 e. The fourth-order valence-corrected chi connectivity index (χ4v) is 3.81. The van der Waals surface area contributed by atoms with E-state index in [1.54, 1.807) is 0 Å². The molecular formula is C12H15BrClNS. The van der Waals surface area contributed by atoms with Crippen molar-refractivity contribution >= 4 is 45.0 Å². The lowest BCUT2D eigenvalue weighted by atomic mass is 10.1. The Morgan fingerprint density at radius 1 is 1.50 bits per heavy atom. The Morgan fingerprint density at radius 3 is 2.88 bits per heavy atom. The standard InChI is InChI=1S/C12H15BrClNS/c1-7-5-9(13)12(6-10(7)14)15-11-3-4-16-8(11)2/h5-6,8,11,15H,3-4H2,1-2H3. The summed E-state index contributed by atoms with van der Waals surface area (Å²) in [7, 11) is 0. The first kappa shape index (κ1) is 12.6. The van der Waals surface area contributed by atoms with E-state index in [0.717, 1.165) is 20.7 Å². The lowest BCUT2D eigenvalue weighted by Crippen LogP contribution is -2.24. The molecule has 2 unspecified atom stereocenters. The van der Waals surface area contributed by atoms with Crippen LogP contribution in [0.1, 0.15) is 18.9 Å².